The summed E-state index contributed by atoms with van der Waals surface area (Å²) in [5.74, 6) is -0.575. The monoisotopic (exact) mass is 383 g/mol. The highest BCUT2D eigenvalue weighted by Gasteiger charge is 2.61. The molecule has 0 radical (unpaired) electrons. The molecule has 4 atom stereocenters. The first kappa shape index (κ1) is 17.7. The molecule has 1 aliphatic heterocycles. The second-order valence-corrected chi connectivity index (χ2v) is 8.01. The maximum absolute atomic E-state index is 13.2. The summed E-state index contributed by atoms with van der Waals surface area (Å²) in [6.45, 7) is 4.14. The molecule has 2 fully saturated rings. The summed E-state index contributed by atoms with van der Waals surface area (Å²) < 4.78 is 0. The fourth-order valence-electron chi connectivity index (χ4n) is 4.96. The molecule has 2 aromatic carbocycles. The van der Waals surface area contributed by atoms with Crippen molar-refractivity contribution in [2.24, 2.45) is 33.9 Å². The smallest absolute Gasteiger partial charge is 0.238 e. The van der Waals surface area contributed by atoms with Crippen LogP contribution in [0, 0.1) is 23.7 Å². The molecule has 5 heteroatoms. The summed E-state index contributed by atoms with van der Waals surface area (Å²) in [5.41, 5.74) is 4.53. The van der Waals surface area contributed by atoms with E-state index < -0.39 is 0 Å². The molecule has 1 saturated heterocycles. The van der Waals surface area contributed by atoms with Crippen LogP contribution in [0.3, 0.4) is 0 Å². The number of azo groups is 1. The SMILES string of the molecule is CC(C)=C1[C@H]2C=C[C@H]1[C@@H]1C(=O)N(c3ccc(N=Nc4ccccc4)cc3)C(=O)[C@H]12. The normalized spacial score (nSPS) is 27.4. The van der Waals surface area contributed by atoms with Crippen molar-refractivity contribution in [3.8, 4) is 0 Å². The number of hydrogen-bond acceptors (Lipinski definition) is 4. The lowest BCUT2D eigenvalue weighted by Crippen LogP contribution is -2.33. The number of fused-ring (bicyclic) bond motifs is 5. The molecule has 0 spiro atoms. The molecule has 3 aliphatic rings. The molecular weight excluding hydrogens is 362 g/mol. The maximum atomic E-state index is 13.2. The van der Waals surface area contributed by atoms with Gasteiger partial charge in [0.2, 0.25) is 11.8 Å². The van der Waals surface area contributed by atoms with E-state index in [1.54, 1.807) is 24.3 Å². The first-order valence-electron chi connectivity index (χ1n) is 9.86. The molecule has 0 aromatic heterocycles. The molecule has 2 aromatic rings. The van der Waals surface area contributed by atoms with Gasteiger partial charge in [-0.1, -0.05) is 41.5 Å². The summed E-state index contributed by atoms with van der Waals surface area (Å²) in [5, 5.41) is 8.42. The molecule has 2 bridgehead atoms. The highest BCUT2D eigenvalue weighted by Crippen LogP contribution is 2.57. The number of hydrogen-bond donors (Lipinski definition) is 0. The van der Waals surface area contributed by atoms with Gasteiger partial charge in [0.15, 0.2) is 0 Å². The largest absolute Gasteiger partial charge is 0.274 e. The number of amides is 2. The van der Waals surface area contributed by atoms with Gasteiger partial charge in [0.05, 0.1) is 28.9 Å². The van der Waals surface area contributed by atoms with Gasteiger partial charge in [-0.25, -0.2) is 4.90 Å². The summed E-state index contributed by atoms with van der Waals surface area (Å²) in [6.07, 6.45) is 4.21. The summed E-state index contributed by atoms with van der Waals surface area (Å²) >= 11 is 0. The van der Waals surface area contributed by atoms with E-state index in [4.69, 9.17) is 0 Å². The van der Waals surface area contributed by atoms with Crippen LogP contribution in [0.1, 0.15) is 13.8 Å². The molecular formula is C24H21N3O2. The Kier molecular flexibility index (Phi) is 4.05. The number of anilines is 1. The van der Waals surface area contributed by atoms with Gasteiger partial charge in [-0.05, 0) is 50.2 Å². The predicted molar refractivity (Wildman–Crippen MR) is 111 cm³/mol. The maximum Gasteiger partial charge on any atom is 0.238 e. The molecule has 29 heavy (non-hydrogen) atoms. The van der Waals surface area contributed by atoms with E-state index >= 15 is 0 Å². The minimum atomic E-state index is -0.264. The van der Waals surface area contributed by atoms with Crippen LogP contribution in [0.25, 0.3) is 0 Å². The van der Waals surface area contributed by atoms with Crippen molar-refractivity contribution in [3.05, 3.63) is 77.9 Å². The van der Waals surface area contributed by atoms with Crippen molar-refractivity contribution in [2.45, 2.75) is 13.8 Å². The Morgan fingerprint density at radius 2 is 1.28 bits per heavy atom. The van der Waals surface area contributed by atoms with Crippen molar-refractivity contribution in [1.82, 2.24) is 0 Å². The minimum Gasteiger partial charge on any atom is -0.274 e. The van der Waals surface area contributed by atoms with Gasteiger partial charge in [0.1, 0.15) is 0 Å². The molecule has 1 heterocycles. The Morgan fingerprint density at radius 3 is 1.79 bits per heavy atom. The lowest BCUT2D eigenvalue weighted by atomic mass is 9.85. The molecule has 1 saturated carbocycles. The number of benzene rings is 2. The van der Waals surface area contributed by atoms with E-state index in [1.807, 2.05) is 30.3 Å². The Balaban J connectivity index is 1.39. The number of imide groups is 1. The first-order chi connectivity index (χ1) is 14.1. The van der Waals surface area contributed by atoms with E-state index in [-0.39, 0.29) is 35.5 Å². The lowest BCUT2D eigenvalue weighted by Gasteiger charge is -2.19. The standard InChI is InChI=1S/C24H21N3O2/c1-14(2)20-18-12-13-19(20)22-21(18)23(28)27(24(22)29)17-10-8-16(9-11-17)26-25-15-6-4-3-5-7-15/h3-13,18-19,21-22H,1-2H3/t18-,19-,21+,22+/m1/s1. The fraction of sp³-hybridized carbons (Fsp3) is 0.250. The number of rotatable bonds is 3. The third kappa shape index (κ3) is 2.69. The Labute approximate surface area is 169 Å². The highest BCUT2D eigenvalue weighted by molar-refractivity contribution is 6.23. The van der Waals surface area contributed by atoms with Gasteiger partial charge in [-0.15, -0.1) is 0 Å². The van der Waals surface area contributed by atoms with Gasteiger partial charge in [-0.3, -0.25) is 9.59 Å². The number of carbonyl (C=O) groups is 2. The first-order valence-corrected chi connectivity index (χ1v) is 9.86. The average molecular weight is 383 g/mol. The van der Waals surface area contributed by atoms with Gasteiger partial charge in [0, 0.05) is 11.8 Å². The molecule has 0 unspecified atom stereocenters. The average Bonchev–Trinajstić information content (AvgIpc) is 3.38. The van der Waals surface area contributed by atoms with Crippen molar-refractivity contribution in [1.29, 1.82) is 0 Å². The minimum absolute atomic E-state index is 0.0652. The molecule has 2 amide bonds. The van der Waals surface area contributed by atoms with Gasteiger partial charge in [0.25, 0.3) is 0 Å². The second-order valence-electron chi connectivity index (χ2n) is 8.01. The fourth-order valence-corrected chi connectivity index (χ4v) is 4.96. The second kappa shape index (κ2) is 6.62. The van der Waals surface area contributed by atoms with Crippen LogP contribution < -0.4 is 4.90 Å². The van der Waals surface area contributed by atoms with Gasteiger partial charge < -0.3 is 0 Å². The molecule has 2 aliphatic carbocycles. The summed E-state index contributed by atoms with van der Waals surface area (Å²) in [4.78, 5) is 27.7. The van der Waals surface area contributed by atoms with Gasteiger partial charge in [-0.2, -0.15) is 10.2 Å². The number of nitrogens with zero attached hydrogens (tertiary/aromatic N) is 3. The lowest BCUT2D eigenvalue weighted by molar-refractivity contribution is -0.122. The summed E-state index contributed by atoms with van der Waals surface area (Å²) in [7, 11) is 0. The Hall–Kier alpha value is -3.34. The highest BCUT2D eigenvalue weighted by atomic mass is 16.2. The van der Waals surface area contributed by atoms with E-state index in [1.165, 1.54) is 16.0 Å². The van der Waals surface area contributed by atoms with E-state index in [9.17, 15) is 9.59 Å². The molecule has 5 nitrogen and oxygen atoms in total. The predicted octanol–water partition coefficient (Wildman–Crippen LogP) is 5.36. The quantitative estimate of drug-likeness (QED) is 0.407. The zero-order chi connectivity index (χ0) is 20.1. The topological polar surface area (TPSA) is 62.1 Å². The van der Waals surface area contributed by atoms with Crippen LogP contribution in [0.4, 0.5) is 17.1 Å². The van der Waals surface area contributed by atoms with Crippen molar-refractivity contribution < 1.29 is 9.59 Å². The summed E-state index contributed by atoms with van der Waals surface area (Å²) in [6, 6.07) is 16.6. The third-order valence-corrected chi connectivity index (χ3v) is 6.14. The zero-order valence-electron chi connectivity index (χ0n) is 16.3. The van der Waals surface area contributed by atoms with Crippen LogP contribution in [0.2, 0.25) is 0 Å². The van der Waals surface area contributed by atoms with Crippen molar-refractivity contribution >= 4 is 28.9 Å². The van der Waals surface area contributed by atoms with Crippen LogP contribution in [0.15, 0.2) is 88.1 Å². The van der Waals surface area contributed by atoms with Crippen molar-refractivity contribution in [3.63, 3.8) is 0 Å². The third-order valence-electron chi connectivity index (χ3n) is 6.14. The van der Waals surface area contributed by atoms with Crippen LogP contribution in [-0.2, 0) is 9.59 Å². The van der Waals surface area contributed by atoms with E-state index in [0.717, 1.165) is 5.69 Å². The van der Waals surface area contributed by atoms with Gasteiger partial charge >= 0.3 is 0 Å². The molecule has 0 N–H and O–H groups in total. The van der Waals surface area contributed by atoms with Crippen LogP contribution in [-0.4, -0.2) is 11.8 Å². The Bertz CT molecular complexity index is 1040. The van der Waals surface area contributed by atoms with E-state index in [0.29, 0.717) is 11.4 Å². The number of allylic oxidation sites excluding steroid dienone is 4. The number of carbonyl (C=O) groups excluding carboxylic acids is 2. The Morgan fingerprint density at radius 1 is 0.759 bits per heavy atom. The molecule has 5 rings (SSSR count). The van der Waals surface area contributed by atoms with E-state index in [2.05, 4.69) is 36.2 Å². The van der Waals surface area contributed by atoms with Crippen LogP contribution in [0.5, 0.6) is 0 Å². The molecule has 144 valence electrons. The van der Waals surface area contributed by atoms with Crippen LogP contribution >= 0.6 is 0 Å². The zero-order valence-corrected chi connectivity index (χ0v) is 16.3. The van der Waals surface area contributed by atoms with Crippen molar-refractivity contribution in [2.75, 3.05) is 4.90 Å².